The van der Waals surface area contributed by atoms with Gasteiger partial charge in [-0.15, -0.1) is 0 Å². The standard InChI is InChI=1S/C14H28N2O2/c1-11(16-13(17)18-14(2,3)4)9-15-10-12-7-5-6-8-12/h11-12,15H,5-10H2,1-4H3,(H,16,17). The first-order chi connectivity index (χ1) is 8.37. The van der Waals surface area contributed by atoms with E-state index in [0.29, 0.717) is 0 Å². The van der Waals surface area contributed by atoms with Gasteiger partial charge in [-0.3, -0.25) is 0 Å². The van der Waals surface area contributed by atoms with Gasteiger partial charge in [0.2, 0.25) is 0 Å². The molecule has 18 heavy (non-hydrogen) atoms. The van der Waals surface area contributed by atoms with Gasteiger partial charge in [0, 0.05) is 12.6 Å². The zero-order valence-electron chi connectivity index (χ0n) is 12.2. The number of rotatable bonds is 5. The summed E-state index contributed by atoms with van der Waals surface area (Å²) in [6, 6.07) is 0.0984. The highest BCUT2D eigenvalue weighted by molar-refractivity contribution is 5.68. The van der Waals surface area contributed by atoms with E-state index in [9.17, 15) is 4.79 Å². The maximum Gasteiger partial charge on any atom is 0.407 e. The molecule has 1 atom stereocenters. The summed E-state index contributed by atoms with van der Waals surface area (Å²) in [5.41, 5.74) is -0.429. The molecule has 0 heterocycles. The van der Waals surface area contributed by atoms with Crippen molar-refractivity contribution in [2.45, 2.75) is 65.0 Å². The quantitative estimate of drug-likeness (QED) is 0.795. The Bertz CT molecular complexity index is 255. The Labute approximate surface area is 111 Å². The molecule has 1 aliphatic rings. The lowest BCUT2D eigenvalue weighted by molar-refractivity contribution is 0.0508. The van der Waals surface area contributed by atoms with E-state index in [4.69, 9.17) is 4.74 Å². The molecule has 1 unspecified atom stereocenters. The second kappa shape index (κ2) is 6.98. The number of carbonyl (C=O) groups is 1. The van der Waals surface area contributed by atoms with Crippen LogP contribution in [0.2, 0.25) is 0 Å². The maximum atomic E-state index is 11.5. The van der Waals surface area contributed by atoms with Crippen molar-refractivity contribution in [1.82, 2.24) is 10.6 Å². The topological polar surface area (TPSA) is 50.4 Å². The molecule has 0 aliphatic heterocycles. The van der Waals surface area contributed by atoms with Crippen molar-refractivity contribution < 1.29 is 9.53 Å². The van der Waals surface area contributed by atoms with Crippen LogP contribution in [-0.2, 0) is 4.74 Å². The van der Waals surface area contributed by atoms with Gasteiger partial charge in [0.05, 0.1) is 0 Å². The first-order valence-corrected chi connectivity index (χ1v) is 7.07. The van der Waals surface area contributed by atoms with E-state index in [1.165, 1.54) is 25.7 Å². The minimum absolute atomic E-state index is 0.0984. The third kappa shape index (κ3) is 6.84. The van der Waals surface area contributed by atoms with Crippen molar-refractivity contribution in [2.75, 3.05) is 13.1 Å². The fraction of sp³-hybridized carbons (Fsp3) is 0.929. The van der Waals surface area contributed by atoms with E-state index in [-0.39, 0.29) is 12.1 Å². The summed E-state index contributed by atoms with van der Waals surface area (Å²) in [5.74, 6) is 0.832. The van der Waals surface area contributed by atoms with Crippen LogP contribution >= 0.6 is 0 Å². The minimum Gasteiger partial charge on any atom is -0.444 e. The van der Waals surface area contributed by atoms with Crippen LogP contribution in [0, 0.1) is 5.92 Å². The molecule has 0 radical (unpaired) electrons. The Kier molecular flexibility index (Phi) is 5.93. The summed E-state index contributed by atoms with van der Waals surface area (Å²) in [5, 5.41) is 6.26. The lowest BCUT2D eigenvalue weighted by Crippen LogP contribution is -2.43. The van der Waals surface area contributed by atoms with Crippen LogP contribution in [0.15, 0.2) is 0 Å². The Morgan fingerprint density at radius 1 is 1.33 bits per heavy atom. The first-order valence-electron chi connectivity index (χ1n) is 7.07. The highest BCUT2D eigenvalue weighted by Gasteiger charge is 2.18. The number of ether oxygens (including phenoxy) is 1. The number of carbonyl (C=O) groups excluding carboxylic acids is 1. The monoisotopic (exact) mass is 256 g/mol. The molecule has 4 nitrogen and oxygen atoms in total. The summed E-state index contributed by atoms with van der Waals surface area (Å²) in [7, 11) is 0. The highest BCUT2D eigenvalue weighted by Crippen LogP contribution is 2.23. The van der Waals surface area contributed by atoms with Crippen molar-refractivity contribution >= 4 is 6.09 Å². The molecule has 4 heteroatoms. The molecule has 1 saturated carbocycles. The first kappa shape index (κ1) is 15.3. The Morgan fingerprint density at radius 3 is 2.50 bits per heavy atom. The average molecular weight is 256 g/mol. The molecule has 1 amide bonds. The van der Waals surface area contributed by atoms with E-state index < -0.39 is 5.60 Å². The predicted octanol–water partition coefficient (Wildman–Crippen LogP) is 2.68. The molecule has 0 saturated heterocycles. The van der Waals surface area contributed by atoms with Gasteiger partial charge in [0.25, 0.3) is 0 Å². The molecule has 0 aromatic heterocycles. The lowest BCUT2D eigenvalue weighted by atomic mass is 10.1. The summed E-state index contributed by atoms with van der Waals surface area (Å²) in [6.07, 6.45) is 5.11. The largest absolute Gasteiger partial charge is 0.444 e. The van der Waals surface area contributed by atoms with E-state index in [2.05, 4.69) is 10.6 Å². The van der Waals surface area contributed by atoms with Crippen molar-refractivity contribution in [3.63, 3.8) is 0 Å². The maximum absolute atomic E-state index is 11.5. The lowest BCUT2D eigenvalue weighted by Gasteiger charge is -2.22. The summed E-state index contributed by atoms with van der Waals surface area (Å²) in [6.45, 7) is 9.47. The van der Waals surface area contributed by atoms with E-state index in [1.807, 2.05) is 27.7 Å². The van der Waals surface area contributed by atoms with Crippen LogP contribution in [0.1, 0.15) is 53.4 Å². The van der Waals surface area contributed by atoms with Crippen molar-refractivity contribution in [2.24, 2.45) is 5.92 Å². The van der Waals surface area contributed by atoms with Crippen LogP contribution in [0.25, 0.3) is 0 Å². The molecule has 0 aromatic rings. The molecule has 1 fully saturated rings. The fourth-order valence-corrected chi connectivity index (χ4v) is 2.28. The summed E-state index contributed by atoms with van der Waals surface area (Å²) in [4.78, 5) is 11.5. The number of nitrogens with one attached hydrogen (secondary N) is 2. The third-order valence-electron chi connectivity index (χ3n) is 3.12. The third-order valence-corrected chi connectivity index (χ3v) is 3.12. The fourth-order valence-electron chi connectivity index (χ4n) is 2.28. The molecule has 0 bridgehead atoms. The van der Waals surface area contributed by atoms with Gasteiger partial charge in [-0.1, -0.05) is 12.8 Å². The Morgan fingerprint density at radius 2 is 1.94 bits per heavy atom. The number of alkyl carbamates (subject to hydrolysis) is 1. The van der Waals surface area contributed by atoms with Crippen LogP contribution < -0.4 is 10.6 Å². The van der Waals surface area contributed by atoms with Gasteiger partial charge in [-0.05, 0) is 53.0 Å². The molecular formula is C14H28N2O2. The second-order valence-corrected chi connectivity index (χ2v) is 6.36. The van der Waals surface area contributed by atoms with Crippen molar-refractivity contribution in [3.05, 3.63) is 0 Å². The van der Waals surface area contributed by atoms with Crippen LogP contribution in [0.4, 0.5) is 4.79 Å². The van der Waals surface area contributed by atoms with Crippen LogP contribution in [0.3, 0.4) is 0 Å². The number of hydrogen-bond acceptors (Lipinski definition) is 3. The van der Waals surface area contributed by atoms with Gasteiger partial charge in [-0.2, -0.15) is 0 Å². The van der Waals surface area contributed by atoms with Crippen molar-refractivity contribution in [1.29, 1.82) is 0 Å². The SMILES string of the molecule is CC(CNCC1CCCC1)NC(=O)OC(C)(C)C. The smallest absolute Gasteiger partial charge is 0.407 e. The minimum atomic E-state index is -0.429. The average Bonchev–Trinajstić information content (AvgIpc) is 2.66. The van der Waals surface area contributed by atoms with Gasteiger partial charge in [-0.25, -0.2) is 4.79 Å². The van der Waals surface area contributed by atoms with Crippen LogP contribution in [0.5, 0.6) is 0 Å². The van der Waals surface area contributed by atoms with Gasteiger partial charge < -0.3 is 15.4 Å². The van der Waals surface area contributed by atoms with Gasteiger partial charge >= 0.3 is 6.09 Å². The van der Waals surface area contributed by atoms with E-state index >= 15 is 0 Å². The van der Waals surface area contributed by atoms with Crippen LogP contribution in [-0.4, -0.2) is 30.8 Å². The number of amides is 1. The molecule has 2 N–H and O–H groups in total. The normalized spacial score (nSPS) is 18.7. The summed E-state index contributed by atoms with van der Waals surface area (Å²) < 4.78 is 5.21. The zero-order valence-corrected chi connectivity index (χ0v) is 12.2. The molecule has 1 aliphatic carbocycles. The Hall–Kier alpha value is -0.770. The molecule has 1 rings (SSSR count). The highest BCUT2D eigenvalue weighted by atomic mass is 16.6. The van der Waals surface area contributed by atoms with E-state index in [1.54, 1.807) is 0 Å². The predicted molar refractivity (Wildman–Crippen MR) is 73.7 cm³/mol. The summed E-state index contributed by atoms with van der Waals surface area (Å²) >= 11 is 0. The second-order valence-electron chi connectivity index (χ2n) is 6.36. The molecule has 0 aromatic carbocycles. The van der Waals surface area contributed by atoms with E-state index in [0.717, 1.165) is 19.0 Å². The van der Waals surface area contributed by atoms with Crippen molar-refractivity contribution in [3.8, 4) is 0 Å². The molecular weight excluding hydrogens is 228 g/mol. The molecule has 0 spiro atoms. The van der Waals surface area contributed by atoms with Gasteiger partial charge in [0.1, 0.15) is 5.60 Å². The Balaban J connectivity index is 2.09. The zero-order chi connectivity index (χ0) is 13.6. The number of hydrogen-bond donors (Lipinski definition) is 2. The molecule has 106 valence electrons. The van der Waals surface area contributed by atoms with Gasteiger partial charge in [0.15, 0.2) is 0 Å².